The van der Waals surface area contributed by atoms with Crippen molar-refractivity contribution in [3.63, 3.8) is 0 Å². The van der Waals surface area contributed by atoms with Gasteiger partial charge in [0, 0.05) is 13.1 Å². The Morgan fingerprint density at radius 3 is 2.15 bits per heavy atom. The van der Waals surface area contributed by atoms with E-state index in [1.54, 1.807) is 19.1 Å². The fourth-order valence-electron chi connectivity index (χ4n) is 3.47. The summed E-state index contributed by atoms with van der Waals surface area (Å²) < 4.78 is 39.6. The quantitative estimate of drug-likeness (QED) is 0.570. The fraction of sp³-hybridized carbons (Fsp3) is 0.417. The highest BCUT2D eigenvalue weighted by Gasteiger charge is 2.30. The van der Waals surface area contributed by atoms with Gasteiger partial charge in [-0.1, -0.05) is 25.1 Å². The minimum atomic E-state index is -3.78. The second-order valence-corrected chi connectivity index (χ2v) is 10.1. The third-order valence-corrected chi connectivity index (χ3v) is 6.30. The van der Waals surface area contributed by atoms with E-state index >= 15 is 0 Å². The molecule has 2 rings (SSSR count). The Morgan fingerprint density at radius 1 is 1.06 bits per heavy atom. The van der Waals surface area contributed by atoms with Crippen LogP contribution in [-0.2, 0) is 26.2 Å². The minimum absolute atomic E-state index is 0.0320. The Kier molecular flexibility index (Phi) is 8.99. The summed E-state index contributed by atoms with van der Waals surface area (Å²) >= 11 is 0. The molecule has 0 bridgehead atoms. The SMILES string of the molecule is CCCNC(=O)[C@@H](C)N(Cc1ccc(F)cc1)C(=O)CN(c1cc(C)cc(C)c1)S(C)(=O)=O. The summed E-state index contributed by atoms with van der Waals surface area (Å²) in [4.78, 5) is 27.4. The van der Waals surface area contributed by atoms with Crippen LogP contribution >= 0.6 is 0 Å². The predicted molar refractivity (Wildman–Crippen MR) is 128 cm³/mol. The molecule has 1 N–H and O–H groups in total. The first kappa shape index (κ1) is 26.3. The van der Waals surface area contributed by atoms with Gasteiger partial charge in [-0.3, -0.25) is 13.9 Å². The fourth-order valence-corrected chi connectivity index (χ4v) is 4.31. The van der Waals surface area contributed by atoms with Crippen LogP contribution < -0.4 is 9.62 Å². The zero-order chi connectivity index (χ0) is 24.8. The molecule has 180 valence electrons. The van der Waals surface area contributed by atoms with Crippen molar-refractivity contribution in [3.05, 3.63) is 65.0 Å². The van der Waals surface area contributed by atoms with Crippen LogP contribution in [-0.4, -0.2) is 50.5 Å². The van der Waals surface area contributed by atoms with Gasteiger partial charge >= 0.3 is 0 Å². The number of aryl methyl sites for hydroxylation is 2. The molecule has 0 aliphatic rings. The number of halogens is 1. The van der Waals surface area contributed by atoms with Crippen LogP contribution in [0.5, 0.6) is 0 Å². The summed E-state index contributed by atoms with van der Waals surface area (Å²) in [6, 6.07) is 10.1. The Bertz CT molecular complexity index is 1070. The number of sulfonamides is 1. The van der Waals surface area contributed by atoms with Gasteiger partial charge in [-0.05, 0) is 68.1 Å². The molecule has 0 heterocycles. The normalized spacial score (nSPS) is 12.2. The summed E-state index contributed by atoms with van der Waals surface area (Å²) in [6.07, 6.45) is 1.78. The van der Waals surface area contributed by atoms with Gasteiger partial charge in [0.2, 0.25) is 21.8 Å². The second kappa shape index (κ2) is 11.3. The number of anilines is 1. The molecule has 0 fully saturated rings. The molecule has 0 unspecified atom stereocenters. The zero-order valence-electron chi connectivity index (χ0n) is 19.8. The van der Waals surface area contributed by atoms with Crippen molar-refractivity contribution in [3.8, 4) is 0 Å². The standard InChI is InChI=1S/C24H32FN3O4S/c1-6-11-26-24(30)19(4)27(15-20-7-9-21(25)10-8-20)23(29)16-28(33(5,31)32)22-13-17(2)12-18(3)14-22/h7-10,12-14,19H,6,11,15-16H2,1-5H3,(H,26,30)/t19-/m1/s1. The molecule has 0 aliphatic carbocycles. The van der Waals surface area contributed by atoms with Crippen molar-refractivity contribution >= 4 is 27.5 Å². The first-order valence-corrected chi connectivity index (χ1v) is 12.6. The molecule has 0 aliphatic heterocycles. The number of hydrogen-bond acceptors (Lipinski definition) is 4. The summed E-state index contributed by atoms with van der Waals surface area (Å²) in [5.41, 5.74) is 2.73. The monoisotopic (exact) mass is 477 g/mol. The highest BCUT2D eigenvalue weighted by atomic mass is 32.2. The van der Waals surface area contributed by atoms with Gasteiger partial charge in [-0.2, -0.15) is 0 Å². The van der Waals surface area contributed by atoms with Crippen LogP contribution in [0.1, 0.15) is 37.0 Å². The van der Waals surface area contributed by atoms with E-state index in [2.05, 4.69) is 5.32 Å². The first-order chi connectivity index (χ1) is 15.4. The van der Waals surface area contributed by atoms with Crippen LogP contribution in [0.4, 0.5) is 10.1 Å². The summed E-state index contributed by atoms with van der Waals surface area (Å²) in [7, 11) is -3.78. The molecule has 0 aromatic heterocycles. The Hall–Kier alpha value is -2.94. The third kappa shape index (κ3) is 7.56. The van der Waals surface area contributed by atoms with Gasteiger partial charge in [0.1, 0.15) is 18.4 Å². The Balaban J connectivity index is 2.39. The van der Waals surface area contributed by atoms with Gasteiger partial charge in [-0.25, -0.2) is 12.8 Å². The molecule has 1 atom stereocenters. The van der Waals surface area contributed by atoms with E-state index in [1.807, 2.05) is 26.8 Å². The smallest absolute Gasteiger partial charge is 0.244 e. The molecular formula is C24H32FN3O4S. The van der Waals surface area contributed by atoms with Crippen LogP contribution in [0, 0.1) is 19.7 Å². The number of nitrogens with zero attached hydrogens (tertiary/aromatic N) is 2. The van der Waals surface area contributed by atoms with Crippen LogP contribution in [0.15, 0.2) is 42.5 Å². The van der Waals surface area contributed by atoms with E-state index in [4.69, 9.17) is 0 Å². The summed E-state index contributed by atoms with van der Waals surface area (Å²) in [6.45, 7) is 7.23. The molecule has 0 saturated heterocycles. The zero-order valence-corrected chi connectivity index (χ0v) is 20.6. The number of rotatable bonds is 10. The van der Waals surface area contributed by atoms with E-state index in [-0.39, 0.29) is 12.5 Å². The lowest BCUT2D eigenvalue weighted by atomic mass is 10.1. The van der Waals surface area contributed by atoms with Crippen LogP contribution in [0.3, 0.4) is 0 Å². The lowest BCUT2D eigenvalue weighted by Crippen LogP contribution is -2.51. The average Bonchev–Trinajstić information content (AvgIpc) is 2.73. The van der Waals surface area contributed by atoms with Crippen molar-refractivity contribution in [1.82, 2.24) is 10.2 Å². The molecule has 0 saturated carbocycles. The van der Waals surface area contributed by atoms with E-state index in [0.29, 0.717) is 17.8 Å². The Morgan fingerprint density at radius 2 is 1.64 bits per heavy atom. The first-order valence-electron chi connectivity index (χ1n) is 10.8. The highest BCUT2D eigenvalue weighted by molar-refractivity contribution is 7.92. The van der Waals surface area contributed by atoms with E-state index in [1.165, 1.54) is 29.2 Å². The maximum absolute atomic E-state index is 13.4. The van der Waals surface area contributed by atoms with Crippen LogP contribution in [0.25, 0.3) is 0 Å². The van der Waals surface area contributed by atoms with Gasteiger partial charge in [0.05, 0.1) is 11.9 Å². The van der Waals surface area contributed by atoms with Gasteiger partial charge < -0.3 is 10.2 Å². The number of hydrogen-bond donors (Lipinski definition) is 1. The lowest BCUT2D eigenvalue weighted by molar-refractivity contribution is -0.139. The van der Waals surface area contributed by atoms with Crippen molar-refractivity contribution in [2.24, 2.45) is 0 Å². The van der Waals surface area contributed by atoms with E-state index < -0.39 is 34.3 Å². The average molecular weight is 478 g/mol. The lowest BCUT2D eigenvalue weighted by Gasteiger charge is -2.31. The summed E-state index contributed by atoms with van der Waals surface area (Å²) in [5, 5.41) is 2.77. The number of nitrogens with one attached hydrogen (secondary N) is 1. The molecule has 0 spiro atoms. The molecule has 33 heavy (non-hydrogen) atoms. The molecular weight excluding hydrogens is 445 g/mol. The predicted octanol–water partition coefficient (Wildman–Crippen LogP) is 3.15. The second-order valence-electron chi connectivity index (χ2n) is 8.23. The van der Waals surface area contributed by atoms with E-state index in [9.17, 15) is 22.4 Å². The Labute approximate surface area is 195 Å². The van der Waals surface area contributed by atoms with Crippen molar-refractivity contribution in [2.75, 3.05) is 23.7 Å². The maximum Gasteiger partial charge on any atom is 0.244 e. The van der Waals surface area contributed by atoms with Crippen LogP contribution in [0.2, 0.25) is 0 Å². The van der Waals surface area contributed by atoms with E-state index in [0.717, 1.165) is 28.1 Å². The number of carbonyl (C=O) groups is 2. The van der Waals surface area contributed by atoms with Crippen molar-refractivity contribution < 1.29 is 22.4 Å². The van der Waals surface area contributed by atoms with Crippen molar-refractivity contribution in [2.45, 2.75) is 46.7 Å². The third-order valence-electron chi connectivity index (χ3n) is 5.16. The number of benzene rings is 2. The van der Waals surface area contributed by atoms with Gasteiger partial charge in [0.25, 0.3) is 0 Å². The molecule has 2 aromatic rings. The number of amides is 2. The molecule has 2 amide bonds. The van der Waals surface area contributed by atoms with Gasteiger partial charge in [-0.15, -0.1) is 0 Å². The minimum Gasteiger partial charge on any atom is -0.354 e. The largest absolute Gasteiger partial charge is 0.354 e. The molecule has 0 radical (unpaired) electrons. The van der Waals surface area contributed by atoms with Crippen molar-refractivity contribution in [1.29, 1.82) is 0 Å². The molecule has 2 aromatic carbocycles. The molecule has 7 nitrogen and oxygen atoms in total. The highest BCUT2D eigenvalue weighted by Crippen LogP contribution is 2.22. The maximum atomic E-state index is 13.4. The number of carbonyl (C=O) groups excluding carboxylic acids is 2. The van der Waals surface area contributed by atoms with Gasteiger partial charge in [0.15, 0.2) is 0 Å². The topological polar surface area (TPSA) is 86.8 Å². The summed E-state index contributed by atoms with van der Waals surface area (Å²) in [5.74, 6) is -1.30. The molecule has 9 heteroatoms.